The first-order chi connectivity index (χ1) is 9.36. The fraction of sp³-hybridized carbons (Fsp3) is 0.625. The number of benzene rings is 1. The normalized spacial score (nSPS) is 12.8. The van der Waals surface area contributed by atoms with E-state index in [1.807, 2.05) is 26.0 Å². The van der Waals surface area contributed by atoms with Gasteiger partial charge in [0.2, 0.25) is 0 Å². The van der Waals surface area contributed by atoms with Crippen molar-refractivity contribution in [2.75, 3.05) is 37.8 Å². The smallest absolute Gasteiger partial charge is 0.144 e. The molecule has 0 aliphatic heterocycles. The summed E-state index contributed by atoms with van der Waals surface area (Å²) in [6, 6.07) is 6.40. The molecule has 2 N–H and O–H groups in total. The van der Waals surface area contributed by atoms with Crippen molar-refractivity contribution in [2.45, 2.75) is 39.8 Å². The molecule has 4 nitrogen and oxygen atoms in total. The molecular formula is C16H29N3O. The van der Waals surface area contributed by atoms with E-state index in [0.717, 1.165) is 30.2 Å². The number of rotatable bonds is 7. The van der Waals surface area contributed by atoms with Gasteiger partial charge in [-0.15, -0.1) is 0 Å². The van der Waals surface area contributed by atoms with Gasteiger partial charge < -0.3 is 20.3 Å². The van der Waals surface area contributed by atoms with Crippen LogP contribution in [0.25, 0.3) is 0 Å². The number of nitrogen functional groups attached to an aromatic ring is 1. The summed E-state index contributed by atoms with van der Waals surface area (Å²) < 4.78 is 5.78. The van der Waals surface area contributed by atoms with Crippen molar-refractivity contribution in [2.24, 2.45) is 0 Å². The number of nitrogens with two attached hydrogens (primary N) is 1. The van der Waals surface area contributed by atoms with Crippen LogP contribution in [0.15, 0.2) is 18.2 Å². The summed E-state index contributed by atoms with van der Waals surface area (Å²) in [5.74, 6) is 0.771. The summed E-state index contributed by atoms with van der Waals surface area (Å²) in [5, 5.41) is 0. The highest BCUT2D eigenvalue weighted by molar-refractivity contribution is 5.74. The summed E-state index contributed by atoms with van der Waals surface area (Å²) in [6.45, 7) is 10.3. The van der Waals surface area contributed by atoms with Crippen LogP contribution in [0.3, 0.4) is 0 Å². The average Bonchev–Trinajstić information content (AvgIpc) is 2.33. The Bertz CT molecular complexity index is 418. The van der Waals surface area contributed by atoms with Crippen LogP contribution in [-0.4, -0.2) is 44.2 Å². The van der Waals surface area contributed by atoms with Crippen LogP contribution < -0.4 is 15.4 Å². The zero-order chi connectivity index (χ0) is 15.3. The van der Waals surface area contributed by atoms with Crippen molar-refractivity contribution in [3.63, 3.8) is 0 Å². The monoisotopic (exact) mass is 279 g/mol. The maximum atomic E-state index is 6.30. The quantitative estimate of drug-likeness (QED) is 0.779. The third-order valence-corrected chi connectivity index (χ3v) is 3.22. The average molecular weight is 279 g/mol. The van der Waals surface area contributed by atoms with Gasteiger partial charge in [-0.1, -0.05) is 6.07 Å². The van der Waals surface area contributed by atoms with Gasteiger partial charge in [0, 0.05) is 19.1 Å². The number of hydrogen-bond donors (Lipinski definition) is 1. The number of likely N-dealkylation sites (N-methyl/N-ethyl adjacent to an activating group) is 2. The molecular weight excluding hydrogens is 250 g/mol. The number of anilines is 2. The second-order valence-electron chi connectivity index (χ2n) is 5.75. The van der Waals surface area contributed by atoms with Gasteiger partial charge in [0.1, 0.15) is 5.75 Å². The van der Waals surface area contributed by atoms with Crippen LogP contribution in [-0.2, 0) is 0 Å². The molecule has 114 valence electrons. The van der Waals surface area contributed by atoms with Gasteiger partial charge in [-0.25, -0.2) is 0 Å². The molecule has 4 heteroatoms. The standard InChI is InChI=1S/C16H29N3O/c1-7-19(13(4)11-18(5)6)14-9-8-10-15(16(14)17)20-12(2)3/h8-10,12-13H,7,11,17H2,1-6H3. The molecule has 0 heterocycles. The highest BCUT2D eigenvalue weighted by atomic mass is 16.5. The van der Waals surface area contributed by atoms with E-state index in [0.29, 0.717) is 6.04 Å². The Morgan fingerprint density at radius 3 is 2.35 bits per heavy atom. The third-order valence-electron chi connectivity index (χ3n) is 3.22. The molecule has 1 rings (SSSR count). The van der Waals surface area contributed by atoms with Crippen molar-refractivity contribution in [3.05, 3.63) is 18.2 Å². The fourth-order valence-electron chi connectivity index (χ4n) is 2.49. The van der Waals surface area contributed by atoms with Gasteiger partial charge in [-0.2, -0.15) is 0 Å². The Hall–Kier alpha value is -1.42. The SMILES string of the molecule is CCN(c1cccc(OC(C)C)c1N)C(C)CN(C)C. The van der Waals surface area contributed by atoms with Crippen molar-refractivity contribution in [1.82, 2.24) is 4.90 Å². The first-order valence-electron chi connectivity index (χ1n) is 7.33. The molecule has 0 radical (unpaired) electrons. The molecule has 0 aromatic heterocycles. The Balaban J connectivity index is 3.03. The Morgan fingerprint density at radius 1 is 1.20 bits per heavy atom. The first-order valence-corrected chi connectivity index (χ1v) is 7.33. The minimum absolute atomic E-state index is 0.127. The second kappa shape index (κ2) is 7.39. The van der Waals surface area contributed by atoms with E-state index >= 15 is 0 Å². The molecule has 0 amide bonds. The summed E-state index contributed by atoms with van der Waals surface area (Å²) >= 11 is 0. The highest BCUT2D eigenvalue weighted by Crippen LogP contribution is 2.33. The largest absolute Gasteiger partial charge is 0.489 e. The lowest BCUT2D eigenvalue weighted by Gasteiger charge is -2.33. The maximum absolute atomic E-state index is 6.30. The lowest BCUT2D eigenvalue weighted by Crippen LogP contribution is -2.40. The van der Waals surface area contributed by atoms with Crippen LogP contribution in [0.5, 0.6) is 5.75 Å². The van der Waals surface area contributed by atoms with Gasteiger partial charge in [0.25, 0.3) is 0 Å². The van der Waals surface area contributed by atoms with Crippen LogP contribution in [0.4, 0.5) is 11.4 Å². The highest BCUT2D eigenvalue weighted by Gasteiger charge is 2.18. The topological polar surface area (TPSA) is 41.7 Å². The summed E-state index contributed by atoms with van der Waals surface area (Å²) in [4.78, 5) is 4.51. The number of para-hydroxylation sites is 1. The van der Waals surface area contributed by atoms with E-state index in [2.05, 4.69) is 43.8 Å². The maximum Gasteiger partial charge on any atom is 0.144 e. The van der Waals surface area contributed by atoms with Gasteiger partial charge in [-0.3, -0.25) is 0 Å². The van der Waals surface area contributed by atoms with E-state index in [4.69, 9.17) is 10.5 Å². The molecule has 20 heavy (non-hydrogen) atoms. The summed E-state index contributed by atoms with van der Waals surface area (Å²) in [5.41, 5.74) is 8.08. The van der Waals surface area contributed by atoms with Crippen LogP contribution in [0.2, 0.25) is 0 Å². The van der Waals surface area contributed by atoms with E-state index in [-0.39, 0.29) is 6.10 Å². The van der Waals surface area contributed by atoms with Crippen molar-refractivity contribution >= 4 is 11.4 Å². The van der Waals surface area contributed by atoms with Crippen LogP contribution in [0.1, 0.15) is 27.7 Å². The predicted octanol–water partition coefficient (Wildman–Crippen LogP) is 2.83. The number of nitrogens with zero attached hydrogens (tertiary/aromatic N) is 2. The molecule has 1 unspecified atom stereocenters. The predicted molar refractivity (Wildman–Crippen MR) is 87.7 cm³/mol. The zero-order valence-electron chi connectivity index (χ0n) is 13.7. The second-order valence-corrected chi connectivity index (χ2v) is 5.75. The minimum atomic E-state index is 0.127. The number of ether oxygens (including phenoxy) is 1. The zero-order valence-corrected chi connectivity index (χ0v) is 13.7. The van der Waals surface area contributed by atoms with E-state index < -0.39 is 0 Å². The Morgan fingerprint density at radius 2 is 1.85 bits per heavy atom. The van der Waals surface area contributed by atoms with E-state index in [9.17, 15) is 0 Å². The minimum Gasteiger partial charge on any atom is -0.489 e. The molecule has 0 aliphatic rings. The van der Waals surface area contributed by atoms with Gasteiger partial charge in [-0.05, 0) is 53.9 Å². The van der Waals surface area contributed by atoms with Crippen molar-refractivity contribution < 1.29 is 4.74 Å². The van der Waals surface area contributed by atoms with Gasteiger partial charge >= 0.3 is 0 Å². The summed E-state index contributed by atoms with van der Waals surface area (Å²) in [6.07, 6.45) is 0.127. The third kappa shape index (κ3) is 4.30. The molecule has 0 spiro atoms. The summed E-state index contributed by atoms with van der Waals surface area (Å²) in [7, 11) is 4.18. The number of hydrogen-bond acceptors (Lipinski definition) is 4. The van der Waals surface area contributed by atoms with Crippen LogP contribution >= 0.6 is 0 Å². The van der Waals surface area contributed by atoms with Gasteiger partial charge in [0.15, 0.2) is 0 Å². The fourth-order valence-corrected chi connectivity index (χ4v) is 2.49. The lowest BCUT2D eigenvalue weighted by atomic mass is 10.1. The van der Waals surface area contributed by atoms with Gasteiger partial charge in [0.05, 0.1) is 17.5 Å². The molecule has 1 aromatic rings. The lowest BCUT2D eigenvalue weighted by molar-refractivity contribution is 0.244. The molecule has 0 bridgehead atoms. The van der Waals surface area contributed by atoms with Crippen molar-refractivity contribution in [1.29, 1.82) is 0 Å². The Kier molecular flexibility index (Phi) is 6.14. The Labute approximate surface area is 123 Å². The first kappa shape index (κ1) is 16.6. The van der Waals surface area contributed by atoms with E-state index in [1.165, 1.54) is 0 Å². The molecule has 0 saturated carbocycles. The molecule has 0 aliphatic carbocycles. The van der Waals surface area contributed by atoms with Crippen LogP contribution in [0, 0.1) is 0 Å². The van der Waals surface area contributed by atoms with Crippen molar-refractivity contribution in [3.8, 4) is 5.75 Å². The molecule has 0 fully saturated rings. The van der Waals surface area contributed by atoms with E-state index in [1.54, 1.807) is 0 Å². The molecule has 1 atom stereocenters. The molecule has 1 aromatic carbocycles. The molecule has 0 saturated heterocycles.